The molecular formula is C28H27N5O4S2. The van der Waals surface area contributed by atoms with Gasteiger partial charge in [0.1, 0.15) is 11.4 Å². The Kier molecular flexibility index (Phi) is 8.38. The number of likely N-dealkylation sites (tertiary alicyclic amines) is 1. The third-order valence-electron chi connectivity index (χ3n) is 6.27. The monoisotopic (exact) mass is 561 g/mol. The minimum absolute atomic E-state index is 0.126. The van der Waals surface area contributed by atoms with Gasteiger partial charge in [-0.15, -0.1) is 11.3 Å². The molecule has 1 aliphatic rings. The molecule has 4 heterocycles. The van der Waals surface area contributed by atoms with E-state index in [1.807, 2.05) is 47.4 Å². The van der Waals surface area contributed by atoms with E-state index in [1.54, 1.807) is 25.4 Å². The minimum atomic E-state index is -0.490. The van der Waals surface area contributed by atoms with Crippen molar-refractivity contribution in [2.45, 2.75) is 35.5 Å². The van der Waals surface area contributed by atoms with Crippen molar-refractivity contribution in [1.82, 2.24) is 19.9 Å². The van der Waals surface area contributed by atoms with Gasteiger partial charge < -0.3 is 19.7 Å². The summed E-state index contributed by atoms with van der Waals surface area (Å²) in [6.07, 6.45) is 5.13. The van der Waals surface area contributed by atoms with E-state index in [2.05, 4.69) is 20.7 Å². The lowest BCUT2D eigenvalue weighted by atomic mass is 9.94. The second-order valence-electron chi connectivity index (χ2n) is 8.89. The van der Waals surface area contributed by atoms with Gasteiger partial charge in [0, 0.05) is 59.6 Å². The molecule has 1 aromatic carbocycles. The molecule has 0 aliphatic carbocycles. The van der Waals surface area contributed by atoms with Crippen LogP contribution in [0.4, 0.5) is 10.9 Å². The number of aromatic nitrogens is 3. The van der Waals surface area contributed by atoms with Crippen molar-refractivity contribution in [3.63, 3.8) is 0 Å². The van der Waals surface area contributed by atoms with Gasteiger partial charge in [-0.1, -0.05) is 30.0 Å². The number of piperidine rings is 1. The Labute approximate surface area is 234 Å². The Bertz CT molecular complexity index is 1460. The van der Waals surface area contributed by atoms with E-state index in [0.29, 0.717) is 23.2 Å². The second kappa shape index (κ2) is 12.3. The van der Waals surface area contributed by atoms with Crippen LogP contribution >= 0.6 is 23.1 Å². The molecule has 1 fully saturated rings. The number of hydrogen-bond donors (Lipinski definition) is 1. The highest BCUT2D eigenvalue weighted by atomic mass is 32.2. The van der Waals surface area contributed by atoms with E-state index in [0.717, 1.165) is 46.5 Å². The first-order valence-corrected chi connectivity index (χ1v) is 14.1. The lowest BCUT2D eigenvalue weighted by molar-refractivity contribution is -0.129. The Morgan fingerprint density at radius 3 is 2.62 bits per heavy atom. The number of thiazole rings is 1. The molecule has 0 unspecified atom stereocenters. The molecule has 1 amide bonds. The van der Waals surface area contributed by atoms with Crippen LogP contribution in [0.3, 0.4) is 0 Å². The van der Waals surface area contributed by atoms with Crippen LogP contribution < -0.4 is 10.1 Å². The van der Waals surface area contributed by atoms with Crippen molar-refractivity contribution in [3.8, 4) is 11.5 Å². The first kappa shape index (κ1) is 26.6. The van der Waals surface area contributed by atoms with Crippen LogP contribution in [0.5, 0.6) is 11.5 Å². The molecule has 200 valence electrons. The van der Waals surface area contributed by atoms with Gasteiger partial charge in [0.2, 0.25) is 5.91 Å². The Morgan fingerprint density at radius 2 is 1.87 bits per heavy atom. The molecule has 0 spiro atoms. The van der Waals surface area contributed by atoms with Crippen LogP contribution in [-0.4, -0.2) is 51.9 Å². The van der Waals surface area contributed by atoms with Crippen molar-refractivity contribution in [1.29, 1.82) is 0 Å². The fraction of sp³-hybridized carbons (Fsp3) is 0.250. The fourth-order valence-electron chi connectivity index (χ4n) is 4.22. The van der Waals surface area contributed by atoms with Gasteiger partial charge in [0.25, 0.3) is 0 Å². The lowest BCUT2D eigenvalue weighted by Crippen LogP contribution is -2.36. The van der Waals surface area contributed by atoms with Crippen molar-refractivity contribution in [2.24, 2.45) is 0 Å². The Hall–Kier alpha value is -3.96. The number of carbonyl (C=O) groups is 2. The smallest absolute Gasteiger partial charge is 0.356 e. The molecule has 9 nitrogen and oxygen atoms in total. The van der Waals surface area contributed by atoms with E-state index in [4.69, 9.17) is 14.5 Å². The number of benzene rings is 1. The first-order chi connectivity index (χ1) is 19.0. The number of anilines is 2. The average Bonchev–Trinajstić information content (AvgIpc) is 3.43. The molecule has 1 aliphatic heterocycles. The number of nitrogens with zero attached hydrogens (tertiary/aromatic N) is 4. The van der Waals surface area contributed by atoms with Crippen LogP contribution in [0.15, 0.2) is 76.1 Å². The number of hydrogen-bond acceptors (Lipinski definition) is 10. The van der Waals surface area contributed by atoms with Crippen molar-refractivity contribution in [3.05, 3.63) is 77.7 Å². The van der Waals surface area contributed by atoms with Gasteiger partial charge in [-0.2, -0.15) is 0 Å². The van der Waals surface area contributed by atoms with E-state index in [9.17, 15) is 9.59 Å². The summed E-state index contributed by atoms with van der Waals surface area (Å²) >= 11 is 2.95. The highest BCUT2D eigenvalue weighted by molar-refractivity contribution is 7.99. The van der Waals surface area contributed by atoms with Gasteiger partial charge in [0.15, 0.2) is 16.7 Å². The number of rotatable bonds is 8. The normalized spacial score (nSPS) is 13.6. The van der Waals surface area contributed by atoms with E-state index < -0.39 is 5.97 Å². The molecule has 5 rings (SSSR count). The summed E-state index contributed by atoms with van der Waals surface area (Å²) in [5, 5.41) is 6.12. The molecule has 0 radical (unpaired) electrons. The van der Waals surface area contributed by atoms with Crippen LogP contribution in [0.1, 0.15) is 41.9 Å². The summed E-state index contributed by atoms with van der Waals surface area (Å²) in [5.74, 6) is 1.73. The lowest BCUT2D eigenvalue weighted by Gasteiger charge is -2.30. The fourth-order valence-corrected chi connectivity index (χ4v) is 5.85. The molecule has 1 N–H and O–H groups in total. The van der Waals surface area contributed by atoms with Crippen LogP contribution in [0.2, 0.25) is 0 Å². The predicted octanol–water partition coefficient (Wildman–Crippen LogP) is 6.13. The second-order valence-corrected chi connectivity index (χ2v) is 10.9. The summed E-state index contributed by atoms with van der Waals surface area (Å²) in [4.78, 5) is 40.6. The molecule has 0 saturated carbocycles. The van der Waals surface area contributed by atoms with Gasteiger partial charge >= 0.3 is 5.97 Å². The van der Waals surface area contributed by atoms with Crippen molar-refractivity contribution < 1.29 is 19.1 Å². The maximum Gasteiger partial charge on any atom is 0.356 e. The van der Waals surface area contributed by atoms with Gasteiger partial charge in [-0.05, 0) is 37.1 Å². The topological polar surface area (TPSA) is 107 Å². The quantitative estimate of drug-likeness (QED) is 0.254. The standard InChI is InChI=1S/C28H27N5O4S2/c1-18(34)33-12-9-19(10-13-33)24-17-38-28(31-24)32-26-25(37-20-6-4-3-5-7-20)15-22(16-30-26)39-21-8-11-29-23(14-21)27(35)36-2/h3-8,11,14-17,19H,9-10,12-13H2,1-2H3,(H,30,31,32). The van der Waals surface area contributed by atoms with Gasteiger partial charge in [0.05, 0.1) is 12.8 Å². The maximum atomic E-state index is 11.9. The number of esters is 1. The number of pyridine rings is 2. The molecule has 4 aromatic rings. The summed E-state index contributed by atoms with van der Waals surface area (Å²) < 4.78 is 11.0. The SMILES string of the molecule is COC(=O)c1cc(Sc2cnc(Nc3nc(C4CCN(C(C)=O)CC4)cs3)c(Oc3ccccc3)c2)ccn1. The summed E-state index contributed by atoms with van der Waals surface area (Å²) in [7, 11) is 1.33. The maximum absolute atomic E-state index is 11.9. The highest BCUT2D eigenvalue weighted by Gasteiger charge is 2.24. The Balaban J connectivity index is 1.35. The molecule has 3 aromatic heterocycles. The van der Waals surface area contributed by atoms with Gasteiger partial charge in [-0.3, -0.25) is 4.79 Å². The summed E-state index contributed by atoms with van der Waals surface area (Å²) in [6, 6.07) is 14.9. The third-order valence-corrected chi connectivity index (χ3v) is 7.99. The largest absolute Gasteiger partial charge is 0.464 e. The van der Waals surface area contributed by atoms with Gasteiger partial charge in [-0.25, -0.2) is 19.7 Å². The molecule has 1 saturated heterocycles. The number of carbonyl (C=O) groups excluding carboxylic acids is 2. The van der Waals surface area contributed by atoms with E-state index in [-0.39, 0.29) is 11.6 Å². The molecular weight excluding hydrogens is 534 g/mol. The first-order valence-electron chi connectivity index (χ1n) is 12.4. The van der Waals surface area contributed by atoms with Crippen molar-refractivity contribution in [2.75, 3.05) is 25.5 Å². The van der Waals surface area contributed by atoms with E-state index >= 15 is 0 Å². The zero-order valence-electron chi connectivity index (χ0n) is 21.5. The summed E-state index contributed by atoms with van der Waals surface area (Å²) in [5.41, 5.74) is 1.27. The highest BCUT2D eigenvalue weighted by Crippen LogP contribution is 2.37. The van der Waals surface area contributed by atoms with E-state index in [1.165, 1.54) is 30.2 Å². The van der Waals surface area contributed by atoms with Crippen LogP contribution in [0.25, 0.3) is 0 Å². The minimum Gasteiger partial charge on any atom is -0.464 e. The predicted molar refractivity (Wildman–Crippen MR) is 150 cm³/mol. The number of nitrogens with one attached hydrogen (secondary N) is 1. The van der Waals surface area contributed by atoms with Crippen LogP contribution in [-0.2, 0) is 9.53 Å². The van der Waals surface area contributed by atoms with Crippen LogP contribution in [0, 0.1) is 0 Å². The number of ether oxygens (including phenoxy) is 2. The number of para-hydroxylation sites is 1. The molecule has 39 heavy (non-hydrogen) atoms. The molecule has 11 heteroatoms. The Morgan fingerprint density at radius 1 is 1.08 bits per heavy atom. The zero-order valence-corrected chi connectivity index (χ0v) is 23.1. The number of methoxy groups -OCH3 is 1. The number of amides is 1. The molecule has 0 atom stereocenters. The molecule has 0 bridgehead atoms. The third kappa shape index (κ3) is 6.73. The zero-order chi connectivity index (χ0) is 27.2. The van der Waals surface area contributed by atoms with Crippen molar-refractivity contribution >= 4 is 45.9 Å². The average molecular weight is 562 g/mol. The summed E-state index contributed by atoms with van der Waals surface area (Å²) in [6.45, 7) is 3.14.